The highest BCUT2D eigenvalue weighted by molar-refractivity contribution is 7.99. The van der Waals surface area contributed by atoms with Crippen LogP contribution < -0.4 is 16.4 Å². The molecule has 0 aliphatic rings. The molecule has 1 aromatic carbocycles. The molecule has 0 fully saturated rings. The third kappa shape index (κ3) is 6.22. The second-order valence-corrected chi connectivity index (χ2v) is 7.79. The minimum atomic E-state index is -0.0200. The number of hydrogen-bond acceptors (Lipinski definition) is 8. The number of aryl methyl sites for hydroxylation is 1. The van der Waals surface area contributed by atoms with Gasteiger partial charge in [-0.15, -0.1) is 23.1 Å². The number of thioether (sulfide) groups is 1. The largest absolute Gasteiger partial charge is 0.368 e. The van der Waals surface area contributed by atoms with Crippen molar-refractivity contribution in [2.45, 2.75) is 19.2 Å². The summed E-state index contributed by atoms with van der Waals surface area (Å²) in [7, 11) is 0. The third-order valence-corrected chi connectivity index (χ3v) is 5.32. The van der Waals surface area contributed by atoms with Gasteiger partial charge < -0.3 is 16.4 Å². The van der Waals surface area contributed by atoms with E-state index in [1.807, 2.05) is 48.7 Å². The van der Waals surface area contributed by atoms with Crippen molar-refractivity contribution in [2.75, 3.05) is 16.8 Å². The lowest BCUT2D eigenvalue weighted by atomic mass is 10.2. The smallest absolute Gasteiger partial charge is 0.232 e. The average Bonchev–Trinajstić information content (AvgIpc) is 3.15. The molecule has 140 valence electrons. The number of anilines is 3. The van der Waals surface area contributed by atoms with Crippen molar-refractivity contribution in [3.8, 4) is 0 Å². The fourth-order valence-electron chi connectivity index (χ4n) is 2.21. The first-order chi connectivity index (χ1) is 13.1. The molecule has 0 spiro atoms. The zero-order valence-electron chi connectivity index (χ0n) is 14.8. The van der Waals surface area contributed by atoms with E-state index in [-0.39, 0.29) is 11.9 Å². The van der Waals surface area contributed by atoms with Crippen molar-refractivity contribution in [2.24, 2.45) is 0 Å². The molecule has 7 nitrogen and oxygen atoms in total. The van der Waals surface area contributed by atoms with Gasteiger partial charge in [-0.3, -0.25) is 4.79 Å². The fraction of sp³-hybridized carbons (Fsp3) is 0.222. The minimum Gasteiger partial charge on any atom is -0.368 e. The van der Waals surface area contributed by atoms with Gasteiger partial charge in [0.25, 0.3) is 0 Å². The normalized spacial score (nSPS) is 10.6. The molecule has 0 unspecified atom stereocenters. The molecular weight excluding hydrogens is 380 g/mol. The van der Waals surface area contributed by atoms with Crippen molar-refractivity contribution >= 4 is 46.6 Å². The molecule has 27 heavy (non-hydrogen) atoms. The van der Waals surface area contributed by atoms with Crippen LogP contribution in [-0.4, -0.2) is 26.6 Å². The summed E-state index contributed by atoms with van der Waals surface area (Å²) in [5, 5.41) is 8.00. The average molecular weight is 401 g/mol. The van der Waals surface area contributed by atoms with Crippen molar-refractivity contribution in [3.05, 3.63) is 58.0 Å². The van der Waals surface area contributed by atoms with Crippen LogP contribution in [0.25, 0.3) is 0 Å². The van der Waals surface area contributed by atoms with Crippen LogP contribution in [-0.2, 0) is 17.1 Å². The predicted molar refractivity (Wildman–Crippen MR) is 111 cm³/mol. The first kappa shape index (κ1) is 19.1. The quantitative estimate of drug-likeness (QED) is 0.533. The Kier molecular flexibility index (Phi) is 6.61. The number of aromatic nitrogens is 3. The number of nitrogens with zero attached hydrogens (tertiary/aromatic N) is 3. The van der Waals surface area contributed by atoms with Crippen molar-refractivity contribution < 1.29 is 4.79 Å². The molecule has 4 N–H and O–H groups in total. The summed E-state index contributed by atoms with van der Waals surface area (Å²) in [6, 6.07) is 11.8. The van der Waals surface area contributed by atoms with Crippen LogP contribution >= 0.6 is 23.1 Å². The van der Waals surface area contributed by atoms with Crippen molar-refractivity contribution in [3.63, 3.8) is 0 Å². The van der Waals surface area contributed by atoms with Crippen LogP contribution in [0.4, 0.5) is 17.6 Å². The Balaban J connectivity index is 1.50. The van der Waals surface area contributed by atoms with Gasteiger partial charge in [-0.05, 0) is 30.5 Å². The number of nitrogens with one attached hydrogen (secondary N) is 2. The Morgan fingerprint density at radius 2 is 2.00 bits per heavy atom. The predicted octanol–water partition coefficient (Wildman–Crippen LogP) is 3.12. The van der Waals surface area contributed by atoms with E-state index in [2.05, 4.69) is 25.6 Å². The number of thiophene rings is 1. The monoisotopic (exact) mass is 400 g/mol. The van der Waals surface area contributed by atoms with Gasteiger partial charge in [-0.2, -0.15) is 15.0 Å². The highest BCUT2D eigenvalue weighted by Gasteiger charge is 2.08. The molecule has 0 saturated heterocycles. The van der Waals surface area contributed by atoms with Gasteiger partial charge in [-0.25, -0.2) is 0 Å². The summed E-state index contributed by atoms with van der Waals surface area (Å²) >= 11 is 3.05. The summed E-state index contributed by atoms with van der Waals surface area (Å²) < 4.78 is 0. The molecule has 2 heterocycles. The first-order valence-corrected chi connectivity index (χ1v) is 10.3. The summed E-state index contributed by atoms with van der Waals surface area (Å²) in [5.41, 5.74) is 7.83. The number of benzene rings is 1. The van der Waals surface area contributed by atoms with Gasteiger partial charge >= 0.3 is 0 Å². The number of carbonyl (C=O) groups excluding carboxylic acids is 1. The highest BCUT2D eigenvalue weighted by Crippen LogP contribution is 2.16. The van der Waals surface area contributed by atoms with E-state index in [0.717, 1.165) is 10.6 Å². The van der Waals surface area contributed by atoms with Crippen LogP contribution in [0.15, 0.2) is 41.8 Å². The van der Waals surface area contributed by atoms with Gasteiger partial charge in [0, 0.05) is 10.6 Å². The molecule has 0 aliphatic carbocycles. The van der Waals surface area contributed by atoms with Gasteiger partial charge in [0.1, 0.15) is 5.82 Å². The summed E-state index contributed by atoms with van der Waals surface area (Å²) in [5.74, 6) is 1.86. The Labute approximate surface area is 165 Å². The number of amides is 1. The fourth-order valence-corrected chi connectivity index (χ4v) is 3.56. The number of hydrogen-bond donors (Lipinski definition) is 3. The third-order valence-electron chi connectivity index (χ3n) is 3.51. The van der Waals surface area contributed by atoms with Crippen LogP contribution in [0.2, 0.25) is 0 Å². The van der Waals surface area contributed by atoms with E-state index >= 15 is 0 Å². The Bertz CT molecular complexity index is 883. The molecule has 9 heteroatoms. The number of nitrogens with two attached hydrogens (primary N) is 1. The number of nitrogen functional groups attached to an aromatic ring is 1. The molecule has 1 amide bonds. The molecule has 0 saturated carbocycles. The van der Waals surface area contributed by atoms with E-state index in [0.29, 0.717) is 29.8 Å². The Hall–Kier alpha value is -2.65. The van der Waals surface area contributed by atoms with Gasteiger partial charge in [-0.1, -0.05) is 23.8 Å². The maximum atomic E-state index is 11.9. The van der Waals surface area contributed by atoms with Crippen LogP contribution in [0.3, 0.4) is 0 Å². The zero-order valence-corrected chi connectivity index (χ0v) is 16.4. The minimum absolute atomic E-state index is 0.0200. The molecule has 3 rings (SSSR count). The van der Waals surface area contributed by atoms with Gasteiger partial charge in [0.2, 0.25) is 17.8 Å². The van der Waals surface area contributed by atoms with E-state index < -0.39 is 0 Å². The standard InChI is InChI=1S/C18H20N6OS2/c1-12-4-6-13(7-5-12)21-18-23-15(22-17(19)24-18)10-26-11-16(25)20-9-14-3-2-8-27-14/h2-8H,9-11H2,1H3,(H,20,25)(H3,19,21,22,23,24). The SMILES string of the molecule is Cc1ccc(Nc2nc(N)nc(CSCC(=O)NCc3cccs3)n2)cc1. The van der Waals surface area contributed by atoms with E-state index in [4.69, 9.17) is 5.73 Å². The zero-order chi connectivity index (χ0) is 19.1. The topological polar surface area (TPSA) is 106 Å². The number of carbonyl (C=O) groups is 1. The summed E-state index contributed by atoms with van der Waals surface area (Å²) in [4.78, 5) is 25.7. The molecular formula is C18H20N6OS2. The van der Waals surface area contributed by atoms with Gasteiger partial charge in [0.05, 0.1) is 18.1 Å². The Morgan fingerprint density at radius 1 is 1.19 bits per heavy atom. The van der Waals surface area contributed by atoms with E-state index in [1.54, 1.807) is 11.3 Å². The molecule has 0 bridgehead atoms. The lowest BCUT2D eigenvalue weighted by Gasteiger charge is -2.08. The first-order valence-electron chi connectivity index (χ1n) is 8.29. The second kappa shape index (κ2) is 9.33. The van der Waals surface area contributed by atoms with Crippen LogP contribution in [0, 0.1) is 6.92 Å². The van der Waals surface area contributed by atoms with Crippen LogP contribution in [0.1, 0.15) is 16.3 Å². The maximum absolute atomic E-state index is 11.9. The molecule has 0 atom stereocenters. The molecule has 0 aliphatic heterocycles. The highest BCUT2D eigenvalue weighted by atomic mass is 32.2. The molecule has 2 aromatic heterocycles. The Morgan fingerprint density at radius 3 is 2.74 bits per heavy atom. The second-order valence-electron chi connectivity index (χ2n) is 5.77. The van der Waals surface area contributed by atoms with E-state index in [1.165, 1.54) is 17.3 Å². The number of rotatable bonds is 8. The van der Waals surface area contributed by atoms with E-state index in [9.17, 15) is 4.79 Å². The van der Waals surface area contributed by atoms with Crippen LogP contribution in [0.5, 0.6) is 0 Å². The summed E-state index contributed by atoms with van der Waals surface area (Å²) in [6.07, 6.45) is 0. The van der Waals surface area contributed by atoms with Crippen molar-refractivity contribution in [1.82, 2.24) is 20.3 Å². The maximum Gasteiger partial charge on any atom is 0.232 e. The molecule has 3 aromatic rings. The lowest BCUT2D eigenvalue weighted by Crippen LogP contribution is -2.24. The lowest BCUT2D eigenvalue weighted by molar-refractivity contribution is -0.118. The molecule has 0 radical (unpaired) electrons. The van der Waals surface area contributed by atoms with Gasteiger partial charge in [0.15, 0.2) is 0 Å². The van der Waals surface area contributed by atoms with Crippen molar-refractivity contribution in [1.29, 1.82) is 0 Å². The summed E-state index contributed by atoms with van der Waals surface area (Å²) in [6.45, 7) is 2.58.